The van der Waals surface area contributed by atoms with Gasteiger partial charge >= 0.3 is 5.97 Å². The van der Waals surface area contributed by atoms with Gasteiger partial charge in [0.15, 0.2) is 0 Å². The molecule has 0 saturated heterocycles. The van der Waals surface area contributed by atoms with E-state index in [4.69, 9.17) is 15.3 Å². The summed E-state index contributed by atoms with van der Waals surface area (Å²) in [5, 5.41) is 19.4. The maximum Gasteiger partial charge on any atom is 0.323 e. The molecule has 0 aliphatic rings. The van der Waals surface area contributed by atoms with E-state index in [-0.39, 0.29) is 0 Å². The number of carbonyl (C=O) groups is 1. The zero-order valence-electron chi connectivity index (χ0n) is 9.25. The van der Waals surface area contributed by atoms with Crippen molar-refractivity contribution in [3.05, 3.63) is 35.6 Å². The van der Waals surface area contributed by atoms with Gasteiger partial charge in [-0.3, -0.25) is 4.79 Å². The molecule has 5 nitrogen and oxygen atoms in total. The Morgan fingerprint density at radius 1 is 1.41 bits per heavy atom. The lowest BCUT2D eigenvalue weighted by atomic mass is 10.00. The number of aliphatic hydroxyl groups excluding tert-OH is 1. The molecule has 0 saturated carbocycles. The van der Waals surface area contributed by atoms with Crippen molar-refractivity contribution >= 4 is 16.9 Å². The fourth-order valence-corrected chi connectivity index (χ4v) is 1.87. The molecule has 2 rings (SSSR count). The number of aliphatic carboxylic acids is 1. The van der Waals surface area contributed by atoms with Crippen LogP contribution in [0.2, 0.25) is 0 Å². The maximum atomic E-state index is 10.8. The highest BCUT2D eigenvalue weighted by atomic mass is 16.4. The van der Waals surface area contributed by atoms with Gasteiger partial charge in [-0.25, -0.2) is 0 Å². The summed E-state index contributed by atoms with van der Waals surface area (Å²) < 4.78 is 5.44. The number of hydrogen-bond acceptors (Lipinski definition) is 4. The highest BCUT2D eigenvalue weighted by Crippen LogP contribution is 2.31. The molecule has 17 heavy (non-hydrogen) atoms. The molecule has 0 radical (unpaired) electrons. The van der Waals surface area contributed by atoms with Gasteiger partial charge in [0.05, 0.1) is 0 Å². The average molecular weight is 235 g/mol. The Bertz CT molecular complexity index is 561. The summed E-state index contributed by atoms with van der Waals surface area (Å²) in [5.41, 5.74) is 6.47. The number of rotatable bonds is 3. The fourth-order valence-electron chi connectivity index (χ4n) is 1.87. The molecule has 0 amide bonds. The van der Waals surface area contributed by atoms with Crippen molar-refractivity contribution in [3.8, 4) is 0 Å². The zero-order chi connectivity index (χ0) is 12.6. The smallest absolute Gasteiger partial charge is 0.323 e. The number of hydrogen-bond donors (Lipinski definition) is 3. The Hall–Kier alpha value is -1.85. The summed E-state index contributed by atoms with van der Waals surface area (Å²) in [6.45, 7) is 1.67. The SMILES string of the molecule is Cc1oc2ccccc2c1C(O)C(N)C(=O)O. The normalized spacial score (nSPS) is 14.8. The molecule has 0 spiro atoms. The monoisotopic (exact) mass is 235 g/mol. The van der Waals surface area contributed by atoms with Crippen molar-refractivity contribution < 1.29 is 19.4 Å². The third-order valence-corrected chi connectivity index (χ3v) is 2.74. The summed E-state index contributed by atoms with van der Waals surface area (Å²) in [4.78, 5) is 10.8. The first-order chi connectivity index (χ1) is 8.02. The quantitative estimate of drug-likeness (QED) is 0.742. The second kappa shape index (κ2) is 4.20. The molecule has 0 aliphatic carbocycles. The van der Waals surface area contributed by atoms with Crippen molar-refractivity contribution in [2.75, 3.05) is 0 Å². The molecule has 0 aliphatic heterocycles. The molecule has 1 heterocycles. The predicted molar refractivity (Wildman–Crippen MR) is 61.5 cm³/mol. The summed E-state index contributed by atoms with van der Waals surface area (Å²) in [6, 6.07) is 5.75. The number of carboxylic acids is 1. The lowest BCUT2D eigenvalue weighted by Crippen LogP contribution is -2.36. The zero-order valence-corrected chi connectivity index (χ0v) is 9.25. The molecule has 90 valence electrons. The van der Waals surface area contributed by atoms with Gasteiger partial charge in [0.2, 0.25) is 0 Å². The average Bonchev–Trinajstić information content (AvgIpc) is 2.62. The number of carboxylic acid groups (broad SMARTS) is 1. The minimum Gasteiger partial charge on any atom is -0.480 e. The highest BCUT2D eigenvalue weighted by molar-refractivity contribution is 5.84. The molecular weight excluding hydrogens is 222 g/mol. The minimum absolute atomic E-state index is 0.440. The van der Waals surface area contributed by atoms with Crippen molar-refractivity contribution in [1.29, 1.82) is 0 Å². The van der Waals surface area contributed by atoms with Crippen LogP contribution >= 0.6 is 0 Å². The Balaban J connectivity index is 2.54. The molecule has 0 bridgehead atoms. The number of fused-ring (bicyclic) bond motifs is 1. The van der Waals surface area contributed by atoms with Crippen LogP contribution in [0.15, 0.2) is 28.7 Å². The maximum absolute atomic E-state index is 10.8. The van der Waals surface area contributed by atoms with E-state index in [2.05, 4.69) is 0 Å². The van der Waals surface area contributed by atoms with Crippen LogP contribution in [0.25, 0.3) is 11.0 Å². The van der Waals surface area contributed by atoms with Gasteiger partial charge in [-0.15, -0.1) is 0 Å². The molecule has 0 fully saturated rings. The van der Waals surface area contributed by atoms with E-state index in [1.807, 2.05) is 0 Å². The van der Waals surface area contributed by atoms with Crippen LogP contribution in [0, 0.1) is 6.92 Å². The molecule has 2 aromatic rings. The van der Waals surface area contributed by atoms with Gasteiger partial charge in [-0.2, -0.15) is 0 Å². The van der Waals surface area contributed by atoms with Crippen LogP contribution in [0.1, 0.15) is 17.4 Å². The van der Waals surface area contributed by atoms with Crippen LogP contribution in [0.5, 0.6) is 0 Å². The summed E-state index contributed by atoms with van der Waals surface area (Å²) in [6.07, 6.45) is -1.28. The molecule has 2 atom stereocenters. The van der Waals surface area contributed by atoms with E-state index >= 15 is 0 Å². The minimum atomic E-state index is -1.37. The first kappa shape index (κ1) is 11.6. The third kappa shape index (κ3) is 1.90. The molecule has 2 unspecified atom stereocenters. The van der Waals surface area contributed by atoms with E-state index in [9.17, 15) is 9.90 Å². The number of nitrogens with two attached hydrogens (primary N) is 1. The van der Waals surface area contributed by atoms with Gasteiger partial charge in [-0.1, -0.05) is 18.2 Å². The number of aliphatic hydroxyl groups is 1. The second-order valence-electron chi connectivity index (χ2n) is 3.88. The topological polar surface area (TPSA) is 96.7 Å². The first-order valence-electron chi connectivity index (χ1n) is 5.17. The van der Waals surface area contributed by atoms with Crippen molar-refractivity contribution in [3.63, 3.8) is 0 Å². The standard InChI is InChI=1S/C12H13NO4/c1-6-9(11(14)10(13)12(15)16)7-4-2-3-5-8(7)17-6/h2-5,10-11,14H,13H2,1H3,(H,15,16). The first-order valence-corrected chi connectivity index (χ1v) is 5.17. The Morgan fingerprint density at radius 3 is 2.71 bits per heavy atom. The Morgan fingerprint density at radius 2 is 2.06 bits per heavy atom. The fraction of sp³-hybridized carbons (Fsp3) is 0.250. The summed E-state index contributed by atoms with van der Waals surface area (Å²) >= 11 is 0. The van der Waals surface area contributed by atoms with E-state index in [0.717, 1.165) is 0 Å². The molecular formula is C12H13NO4. The van der Waals surface area contributed by atoms with Crippen LogP contribution in [0.4, 0.5) is 0 Å². The number of aryl methyl sites for hydroxylation is 1. The molecule has 4 N–H and O–H groups in total. The van der Waals surface area contributed by atoms with Gasteiger partial charge in [0.1, 0.15) is 23.5 Å². The molecule has 1 aromatic heterocycles. The van der Waals surface area contributed by atoms with Crippen LogP contribution in [-0.2, 0) is 4.79 Å². The van der Waals surface area contributed by atoms with Gasteiger partial charge in [-0.05, 0) is 13.0 Å². The number of para-hydroxylation sites is 1. The van der Waals surface area contributed by atoms with Crippen molar-refractivity contribution in [1.82, 2.24) is 0 Å². The predicted octanol–water partition coefficient (Wildman–Crippen LogP) is 1.19. The lowest BCUT2D eigenvalue weighted by Gasteiger charge is -2.14. The van der Waals surface area contributed by atoms with Crippen molar-refractivity contribution in [2.45, 2.75) is 19.1 Å². The summed E-state index contributed by atoms with van der Waals surface area (Å²) in [5.74, 6) is -0.766. The molecule has 5 heteroatoms. The van der Waals surface area contributed by atoms with Crippen molar-refractivity contribution in [2.24, 2.45) is 5.73 Å². The van der Waals surface area contributed by atoms with Gasteiger partial charge in [0, 0.05) is 10.9 Å². The lowest BCUT2D eigenvalue weighted by molar-refractivity contribution is -0.141. The van der Waals surface area contributed by atoms with E-state index in [1.54, 1.807) is 31.2 Å². The third-order valence-electron chi connectivity index (χ3n) is 2.74. The Kier molecular flexibility index (Phi) is 2.87. The van der Waals surface area contributed by atoms with Crippen LogP contribution in [0.3, 0.4) is 0 Å². The van der Waals surface area contributed by atoms with Crippen LogP contribution in [-0.4, -0.2) is 22.2 Å². The Labute approximate surface area is 97.5 Å². The molecule has 1 aromatic carbocycles. The largest absolute Gasteiger partial charge is 0.480 e. The second-order valence-corrected chi connectivity index (χ2v) is 3.88. The van der Waals surface area contributed by atoms with Crippen LogP contribution < -0.4 is 5.73 Å². The van der Waals surface area contributed by atoms with E-state index in [0.29, 0.717) is 22.3 Å². The number of benzene rings is 1. The highest BCUT2D eigenvalue weighted by Gasteiger charge is 2.28. The van der Waals surface area contributed by atoms with Gasteiger partial charge < -0.3 is 20.4 Å². The number of furan rings is 1. The van der Waals surface area contributed by atoms with E-state index < -0.39 is 18.1 Å². The van der Waals surface area contributed by atoms with Gasteiger partial charge in [0.25, 0.3) is 0 Å². The summed E-state index contributed by atoms with van der Waals surface area (Å²) in [7, 11) is 0. The van der Waals surface area contributed by atoms with E-state index in [1.165, 1.54) is 0 Å².